The number of non-ortho nitro benzene ring substituents is 1. The zero-order valence-corrected chi connectivity index (χ0v) is 15.1. The van der Waals surface area contributed by atoms with Gasteiger partial charge in [0.25, 0.3) is 5.69 Å². The summed E-state index contributed by atoms with van der Waals surface area (Å²) in [7, 11) is 0. The van der Waals surface area contributed by atoms with Gasteiger partial charge in [-0.2, -0.15) is 0 Å². The second-order valence-electron chi connectivity index (χ2n) is 6.92. The molecule has 1 fully saturated rings. The number of nitrogens with one attached hydrogen (secondary N) is 1. The molecule has 0 unspecified atom stereocenters. The molecule has 0 aromatic heterocycles. The SMILES string of the molecule is C[C@@]1(C2OCCO2)Oc2ccc([N+](=O)[O-])cc2[C@H](Nc2ccccc2O)[C@H]1O. The number of benzene rings is 2. The van der Waals surface area contributed by atoms with Gasteiger partial charge in [0.15, 0.2) is 11.9 Å². The van der Waals surface area contributed by atoms with Gasteiger partial charge in [0, 0.05) is 17.7 Å². The van der Waals surface area contributed by atoms with Gasteiger partial charge >= 0.3 is 0 Å². The molecule has 2 aromatic rings. The van der Waals surface area contributed by atoms with Crippen LogP contribution in [0.25, 0.3) is 0 Å². The van der Waals surface area contributed by atoms with Crippen molar-refractivity contribution in [3.05, 3.63) is 58.1 Å². The standard InChI is InChI=1S/C19H20N2O7/c1-19(18-26-8-9-27-18)17(23)16(20-13-4-2-3-5-14(13)22)12-10-11(21(24)25)6-7-15(12)28-19/h2-7,10,16-18,20,22-23H,8-9H2,1H3/t16-,17+,19+/m0/s1. The summed E-state index contributed by atoms with van der Waals surface area (Å²) in [6.45, 7) is 2.42. The molecule has 0 bridgehead atoms. The number of aliphatic hydroxyl groups is 1. The maximum absolute atomic E-state index is 11.2. The molecular formula is C19H20N2O7. The first kappa shape index (κ1) is 18.5. The molecule has 9 heteroatoms. The maximum Gasteiger partial charge on any atom is 0.270 e. The topological polar surface area (TPSA) is 123 Å². The predicted octanol–water partition coefficient (Wildman–Crippen LogP) is 2.34. The minimum absolute atomic E-state index is 0.0109. The highest BCUT2D eigenvalue weighted by molar-refractivity contribution is 5.59. The molecular weight excluding hydrogens is 368 g/mol. The molecule has 3 N–H and O–H groups in total. The van der Waals surface area contributed by atoms with Crippen molar-refractivity contribution >= 4 is 11.4 Å². The molecule has 0 amide bonds. The molecule has 2 aromatic carbocycles. The number of hydrogen-bond acceptors (Lipinski definition) is 8. The van der Waals surface area contributed by atoms with Crippen LogP contribution in [0, 0.1) is 10.1 Å². The second-order valence-corrected chi connectivity index (χ2v) is 6.92. The number of rotatable bonds is 4. The van der Waals surface area contributed by atoms with Gasteiger partial charge in [-0.1, -0.05) is 12.1 Å². The van der Waals surface area contributed by atoms with Crippen LogP contribution in [0.2, 0.25) is 0 Å². The number of phenolic OH excluding ortho intramolecular Hbond substituents is 1. The summed E-state index contributed by atoms with van der Waals surface area (Å²) in [4.78, 5) is 10.7. The van der Waals surface area contributed by atoms with Crippen molar-refractivity contribution in [2.75, 3.05) is 18.5 Å². The van der Waals surface area contributed by atoms with E-state index in [1.807, 2.05) is 0 Å². The number of aromatic hydroxyl groups is 1. The minimum atomic E-state index is -1.26. The molecule has 28 heavy (non-hydrogen) atoms. The van der Waals surface area contributed by atoms with Crippen LogP contribution in [0.5, 0.6) is 11.5 Å². The van der Waals surface area contributed by atoms with Gasteiger partial charge in [-0.15, -0.1) is 0 Å². The highest BCUT2D eigenvalue weighted by Gasteiger charge is 2.54. The van der Waals surface area contributed by atoms with Gasteiger partial charge in [-0.3, -0.25) is 10.1 Å². The molecule has 2 heterocycles. The molecule has 2 aliphatic heterocycles. The molecule has 4 rings (SSSR count). The maximum atomic E-state index is 11.2. The number of fused-ring (bicyclic) bond motifs is 1. The van der Waals surface area contributed by atoms with E-state index in [4.69, 9.17) is 14.2 Å². The van der Waals surface area contributed by atoms with E-state index in [9.17, 15) is 20.3 Å². The van der Waals surface area contributed by atoms with Crippen molar-refractivity contribution < 1.29 is 29.3 Å². The van der Waals surface area contributed by atoms with Crippen molar-refractivity contribution in [3.8, 4) is 11.5 Å². The van der Waals surface area contributed by atoms with Crippen LogP contribution in [0.1, 0.15) is 18.5 Å². The van der Waals surface area contributed by atoms with Gasteiger partial charge < -0.3 is 29.7 Å². The Morgan fingerprint density at radius 1 is 1.21 bits per heavy atom. The third kappa shape index (κ3) is 3.03. The Morgan fingerprint density at radius 2 is 1.93 bits per heavy atom. The van der Waals surface area contributed by atoms with Crippen LogP contribution in [0.4, 0.5) is 11.4 Å². The third-order valence-corrected chi connectivity index (χ3v) is 5.08. The number of phenols is 1. The average Bonchev–Trinajstić information content (AvgIpc) is 3.22. The number of nitro groups is 1. The zero-order valence-electron chi connectivity index (χ0n) is 15.1. The van der Waals surface area contributed by atoms with E-state index in [0.717, 1.165) is 0 Å². The number of hydrogen-bond donors (Lipinski definition) is 3. The Labute approximate surface area is 160 Å². The molecule has 3 atom stereocenters. The summed E-state index contributed by atoms with van der Waals surface area (Å²) in [5.74, 6) is 0.355. The summed E-state index contributed by atoms with van der Waals surface area (Å²) in [6.07, 6.45) is -2.00. The summed E-state index contributed by atoms with van der Waals surface area (Å²) in [5.41, 5.74) is -0.612. The first-order valence-corrected chi connectivity index (χ1v) is 8.83. The zero-order chi connectivity index (χ0) is 19.9. The monoisotopic (exact) mass is 388 g/mol. The van der Waals surface area contributed by atoms with Crippen LogP contribution in [0.3, 0.4) is 0 Å². The van der Waals surface area contributed by atoms with E-state index in [2.05, 4.69) is 5.32 Å². The van der Waals surface area contributed by atoms with Crippen LogP contribution >= 0.6 is 0 Å². The molecule has 148 valence electrons. The smallest absolute Gasteiger partial charge is 0.270 e. The van der Waals surface area contributed by atoms with E-state index in [1.54, 1.807) is 25.1 Å². The number of anilines is 1. The fourth-order valence-electron chi connectivity index (χ4n) is 3.58. The van der Waals surface area contributed by atoms with Gasteiger partial charge in [0.2, 0.25) is 0 Å². The van der Waals surface area contributed by atoms with Crippen molar-refractivity contribution in [2.24, 2.45) is 0 Å². The molecule has 0 radical (unpaired) electrons. The normalized spacial score (nSPS) is 27.1. The molecule has 2 aliphatic rings. The largest absolute Gasteiger partial charge is 0.506 e. The average molecular weight is 388 g/mol. The Balaban J connectivity index is 1.79. The van der Waals surface area contributed by atoms with Crippen molar-refractivity contribution in [3.63, 3.8) is 0 Å². The number of ether oxygens (including phenoxy) is 3. The fourth-order valence-corrected chi connectivity index (χ4v) is 3.58. The van der Waals surface area contributed by atoms with Gasteiger partial charge in [-0.05, 0) is 25.1 Å². The Kier molecular flexibility index (Phi) is 4.58. The summed E-state index contributed by atoms with van der Waals surface area (Å²) < 4.78 is 17.2. The number of aliphatic hydroxyl groups excluding tert-OH is 1. The molecule has 0 aliphatic carbocycles. The lowest BCUT2D eigenvalue weighted by atomic mass is 9.84. The number of nitrogens with zero attached hydrogens (tertiary/aromatic N) is 1. The Bertz CT molecular complexity index is 900. The first-order valence-electron chi connectivity index (χ1n) is 8.83. The van der Waals surface area contributed by atoms with E-state index >= 15 is 0 Å². The quantitative estimate of drug-likeness (QED) is 0.414. The van der Waals surface area contributed by atoms with E-state index in [1.165, 1.54) is 24.3 Å². The van der Waals surface area contributed by atoms with Crippen molar-refractivity contribution in [1.82, 2.24) is 0 Å². The van der Waals surface area contributed by atoms with E-state index in [-0.39, 0.29) is 11.4 Å². The van der Waals surface area contributed by atoms with E-state index in [0.29, 0.717) is 30.2 Å². The van der Waals surface area contributed by atoms with Gasteiger partial charge in [-0.25, -0.2) is 0 Å². The lowest BCUT2D eigenvalue weighted by Crippen LogP contribution is -2.60. The van der Waals surface area contributed by atoms with Crippen molar-refractivity contribution in [2.45, 2.75) is 31.0 Å². The lowest BCUT2D eigenvalue weighted by Gasteiger charge is -2.46. The Morgan fingerprint density at radius 3 is 2.61 bits per heavy atom. The molecule has 9 nitrogen and oxygen atoms in total. The van der Waals surface area contributed by atoms with Crippen LogP contribution in [-0.4, -0.2) is 46.3 Å². The number of nitro benzene ring substituents is 1. The van der Waals surface area contributed by atoms with Gasteiger partial charge in [0.1, 0.15) is 17.6 Å². The van der Waals surface area contributed by atoms with Crippen LogP contribution in [-0.2, 0) is 9.47 Å². The highest BCUT2D eigenvalue weighted by atomic mass is 16.7. The summed E-state index contributed by atoms with van der Waals surface area (Å²) in [6, 6.07) is 9.92. The van der Waals surface area contributed by atoms with Crippen molar-refractivity contribution in [1.29, 1.82) is 0 Å². The molecule has 0 spiro atoms. The van der Waals surface area contributed by atoms with Crippen LogP contribution in [0.15, 0.2) is 42.5 Å². The highest BCUT2D eigenvalue weighted by Crippen LogP contribution is 2.46. The van der Waals surface area contributed by atoms with Gasteiger partial charge in [0.05, 0.1) is 29.9 Å². The lowest BCUT2D eigenvalue weighted by molar-refractivity contribution is -0.385. The minimum Gasteiger partial charge on any atom is -0.506 e. The second kappa shape index (κ2) is 6.93. The number of para-hydroxylation sites is 2. The summed E-state index contributed by atoms with van der Waals surface area (Å²) in [5, 5.41) is 35.6. The first-order chi connectivity index (χ1) is 13.4. The summed E-state index contributed by atoms with van der Waals surface area (Å²) >= 11 is 0. The predicted molar refractivity (Wildman–Crippen MR) is 98.3 cm³/mol. The third-order valence-electron chi connectivity index (χ3n) is 5.08. The molecule has 1 saturated heterocycles. The van der Waals surface area contributed by atoms with Crippen LogP contribution < -0.4 is 10.1 Å². The molecule has 0 saturated carbocycles. The Hall–Kier alpha value is -2.88. The van der Waals surface area contributed by atoms with E-state index < -0.39 is 29.0 Å². The fraction of sp³-hybridized carbons (Fsp3) is 0.368.